The Hall–Kier alpha value is -2.25. The molecule has 1 amide bonds. The fourth-order valence-electron chi connectivity index (χ4n) is 5.78. The second-order valence-electron chi connectivity index (χ2n) is 9.14. The van der Waals surface area contributed by atoms with Crippen molar-refractivity contribution >= 4 is 5.91 Å². The first-order chi connectivity index (χ1) is 14.6. The number of amides is 1. The van der Waals surface area contributed by atoms with Gasteiger partial charge in [0.25, 0.3) is 0 Å². The van der Waals surface area contributed by atoms with Gasteiger partial charge in [0.15, 0.2) is 0 Å². The van der Waals surface area contributed by atoms with Crippen molar-refractivity contribution in [1.29, 1.82) is 0 Å². The normalized spacial score (nSPS) is 28.9. The van der Waals surface area contributed by atoms with Crippen LogP contribution in [0.4, 0.5) is 0 Å². The molecule has 3 fully saturated rings. The summed E-state index contributed by atoms with van der Waals surface area (Å²) in [5.41, 5.74) is 2.26. The predicted octanol–water partition coefficient (Wildman–Crippen LogP) is 2.17. The highest BCUT2D eigenvalue weighted by atomic mass is 16.5. The van der Waals surface area contributed by atoms with Crippen LogP contribution in [0.3, 0.4) is 0 Å². The van der Waals surface area contributed by atoms with E-state index in [0.29, 0.717) is 24.4 Å². The lowest BCUT2D eigenvalue weighted by atomic mass is 9.84. The maximum absolute atomic E-state index is 13.1. The number of carbonyl (C=O) groups excluding carboxylic acids is 1. The van der Waals surface area contributed by atoms with Gasteiger partial charge >= 0.3 is 0 Å². The molecule has 0 saturated carbocycles. The number of rotatable bonds is 5. The Balaban J connectivity index is 1.22. The molecule has 1 unspecified atom stereocenters. The second kappa shape index (κ2) is 8.12. The van der Waals surface area contributed by atoms with Gasteiger partial charge in [0.05, 0.1) is 12.2 Å². The van der Waals surface area contributed by atoms with Gasteiger partial charge in [0, 0.05) is 69.5 Å². The minimum Gasteiger partial charge on any atom is -0.372 e. The van der Waals surface area contributed by atoms with Crippen LogP contribution in [0.15, 0.2) is 36.8 Å². The minimum atomic E-state index is -0.106. The molecule has 0 N–H and O–H groups in total. The average molecular weight is 410 g/mol. The highest BCUT2D eigenvalue weighted by molar-refractivity contribution is 5.77. The van der Waals surface area contributed by atoms with E-state index in [9.17, 15) is 4.79 Å². The smallest absolute Gasteiger partial charge is 0.223 e. The number of pyridine rings is 1. The third kappa shape index (κ3) is 3.88. The number of piperidine rings is 1. The molecular weight excluding hydrogens is 378 g/mol. The number of nitrogens with zero attached hydrogens (tertiary/aromatic N) is 5. The molecule has 30 heavy (non-hydrogen) atoms. The molecule has 2 aromatic rings. The van der Waals surface area contributed by atoms with Crippen molar-refractivity contribution in [3.8, 4) is 0 Å². The van der Waals surface area contributed by atoms with Crippen LogP contribution < -0.4 is 0 Å². The number of hydrogen-bond donors (Lipinski definition) is 0. The van der Waals surface area contributed by atoms with Gasteiger partial charge in [0.1, 0.15) is 0 Å². The van der Waals surface area contributed by atoms with Gasteiger partial charge < -0.3 is 9.64 Å². The van der Waals surface area contributed by atoms with Gasteiger partial charge in [-0.2, -0.15) is 5.10 Å². The Bertz CT molecular complexity index is 869. The zero-order valence-corrected chi connectivity index (χ0v) is 17.7. The SMILES string of the molecule is Cn1nccc1CCC(=O)N1[C@@H]2CC[C@H]1CC1(C2)CN(Cc2cccnc2)CCO1. The summed E-state index contributed by atoms with van der Waals surface area (Å²) in [5, 5.41) is 4.21. The van der Waals surface area contributed by atoms with Crippen molar-refractivity contribution in [2.75, 3.05) is 19.7 Å². The molecule has 3 aliphatic rings. The summed E-state index contributed by atoms with van der Waals surface area (Å²) in [7, 11) is 1.94. The molecular formula is C23H31N5O2. The summed E-state index contributed by atoms with van der Waals surface area (Å²) in [6.45, 7) is 3.60. The van der Waals surface area contributed by atoms with E-state index in [1.54, 1.807) is 6.20 Å². The van der Waals surface area contributed by atoms with Gasteiger partial charge in [-0.05, 0) is 49.8 Å². The maximum Gasteiger partial charge on any atom is 0.223 e. The third-order valence-electron chi connectivity index (χ3n) is 7.10. The van der Waals surface area contributed by atoms with Crippen LogP contribution in [0, 0.1) is 0 Å². The Morgan fingerprint density at radius 1 is 1.23 bits per heavy atom. The average Bonchev–Trinajstić information content (AvgIpc) is 3.28. The lowest BCUT2D eigenvalue weighted by Crippen LogP contribution is -2.60. The first kappa shape index (κ1) is 19.7. The zero-order chi connectivity index (χ0) is 20.6. The van der Waals surface area contributed by atoms with Gasteiger partial charge in [-0.25, -0.2) is 0 Å². The Morgan fingerprint density at radius 3 is 2.77 bits per heavy atom. The number of fused-ring (bicyclic) bond motifs is 2. The molecule has 3 aliphatic heterocycles. The fourth-order valence-corrected chi connectivity index (χ4v) is 5.78. The van der Waals surface area contributed by atoms with Crippen molar-refractivity contribution in [2.45, 2.75) is 62.8 Å². The number of carbonyl (C=O) groups is 1. The molecule has 160 valence electrons. The molecule has 7 nitrogen and oxygen atoms in total. The van der Waals surface area contributed by atoms with Crippen molar-refractivity contribution in [2.24, 2.45) is 7.05 Å². The molecule has 0 aliphatic carbocycles. The lowest BCUT2D eigenvalue weighted by Gasteiger charge is -2.50. The standard InChI is InChI=1S/C23H31N5O2/c1-26-19(8-10-25-26)6-7-22(29)28-20-4-5-21(28)14-23(13-20)17-27(11-12-30-23)16-18-3-2-9-24-15-18/h2-3,8-10,15,20-21H,4-7,11-14,16-17H2,1H3/t20-,21+,23?. The summed E-state index contributed by atoms with van der Waals surface area (Å²) in [6.07, 6.45) is 11.0. The molecule has 0 aromatic carbocycles. The second-order valence-corrected chi connectivity index (χ2v) is 9.14. The molecule has 1 spiro atoms. The van der Waals surface area contributed by atoms with Crippen molar-refractivity contribution < 1.29 is 9.53 Å². The molecule has 2 bridgehead atoms. The first-order valence-corrected chi connectivity index (χ1v) is 11.2. The summed E-state index contributed by atoms with van der Waals surface area (Å²) in [6, 6.07) is 6.78. The molecule has 3 atom stereocenters. The zero-order valence-electron chi connectivity index (χ0n) is 17.7. The molecule has 2 aromatic heterocycles. The van der Waals surface area contributed by atoms with E-state index in [4.69, 9.17) is 4.74 Å². The van der Waals surface area contributed by atoms with E-state index >= 15 is 0 Å². The summed E-state index contributed by atoms with van der Waals surface area (Å²) in [4.78, 5) is 22.0. The third-order valence-corrected chi connectivity index (χ3v) is 7.10. The highest BCUT2D eigenvalue weighted by Gasteiger charge is 2.51. The van der Waals surface area contributed by atoms with Crippen molar-refractivity contribution in [3.05, 3.63) is 48.0 Å². The number of hydrogen-bond acceptors (Lipinski definition) is 5. The van der Waals surface area contributed by atoms with Gasteiger partial charge in [-0.1, -0.05) is 6.07 Å². The van der Waals surface area contributed by atoms with E-state index in [1.165, 1.54) is 5.56 Å². The number of aromatic nitrogens is 3. The van der Waals surface area contributed by atoms with Gasteiger partial charge in [-0.15, -0.1) is 0 Å². The van der Waals surface area contributed by atoms with Crippen LogP contribution in [-0.4, -0.2) is 67.9 Å². The Morgan fingerprint density at radius 2 is 2.07 bits per heavy atom. The van der Waals surface area contributed by atoms with E-state index in [0.717, 1.165) is 64.0 Å². The molecule has 7 heteroatoms. The van der Waals surface area contributed by atoms with Crippen molar-refractivity contribution in [3.63, 3.8) is 0 Å². The number of ether oxygens (including phenoxy) is 1. The fraction of sp³-hybridized carbons (Fsp3) is 0.609. The molecule has 5 rings (SSSR count). The summed E-state index contributed by atoms with van der Waals surface area (Å²) < 4.78 is 8.27. The Kier molecular flexibility index (Phi) is 5.33. The van der Waals surface area contributed by atoms with E-state index in [1.807, 2.05) is 36.3 Å². The minimum absolute atomic E-state index is 0.106. The molecule has 0 radical (unpaired) electrons. The Labute approximate surface area is 178 Å². The van der Waals surface area contributed by atoms with Crippen LogP contribution >= 0.6 is 0 Å². The monoisotopic (exact) mass is 409 g/mol. The van der Waals surface area contributed by atoms with Crippen LogP contribution in [0.1, 0.15) is 43.4 Å². The predicted molar refractivity (Wildman–Crippen MR) is 113 cm³/mol. The van der Waals surface area contributed by atoms with Gasteiger partial charge in [0.2, 0.25) is 5.91 Å². The van der Waals surface area contributed by atoms with Crippen LogP contribution in [0.25, 0.3) is 0 Å². The molecule has 5 heterocycles. The van der Waals surface area contributed by atoms with Gasteiger partial charge in [-0.3, -0.25) is 19.4 Å². The summed E-state index contributed by atoms with van der Waals surface area (Å²) >= 11 is 0. The number of aryl methyl sites for hydroxylation is 2. The van der Waals surface area contributed by atoms with Crippen LogP contribution in [-0.2, 0) is 29.5 Å². The number of morpholine rings is 1. The van der Waals surface area contributed by atoms with Crippen LogP contribution in [0.5, 0.6) is 0 Å². The topological polar surface area (TPSA) is 63.5 Å². The first-order valence-electron chi connectivity index (χ1n) is 11.2. The quantitative estimate of drug-likeness (QED) is 0.757. The lowest BCUT2D eigenvalue weighted by molar-refractivity contribution is -0.163. The van der Waals surface area contributed by atoms with Crippen LogP contribution in [0.2, 0.25) is 0 Å². The maximum atomic E-state index is 13.1. The summed E-state index contributed by atoms with van der Waals surface area (Å²) in [5.74, 6) is 0.293. The van der Waals surface area contributed by atoms with E-state index in [2.05, 4.69) is 25.9 Å². The van der Waals surface area contributed by atoms with E-state index in [-0.39, 0.29) is 5.60 Å². The largest absolute Gasteiger partial charge is 0.372 e. The van der Waals surface area contributed by atoms with E-state index < -0.39 is 0 Å². The highest BCUT2D eigenvalue weighted by Crippen LogP contribution is 2.44. The van der Waals surface area contributed by atoms with Crippen molar-refractivity contribution in [1.82, 2.24) is 24.6 Å². The molecule has 3 saturated heterocycles.